The Bertz CT molecular complexity index is 789. The summed E-state index contributed by atoms with van der Waals surface area (Å²) < 4.78 is 0. The normalized spacial score (nSPS) is 16.0. The van der Waals surface area contributed by atoms with Crippen molar-refractivity contribution in [2.75, 3.05) is 18.4 Å². The number of nitrogens with zero attached hydrogens (tertiary/aromatic N) is 3. The van der Waals surface area contributed by atoms with Crippen LogP contribution in [0.2, 0.25) is 0 Å². The van der Waals surface area contributed by atoms with Gasteiger partial charge in [-0.15, -0.1) is 0 Å². The number of aromatic nitrogens is 2. The summed E-state index contributed by atoms with van der Waals surface area (Å²) in [5, 5.41) is 12.9. The van der Waals surface area contributed by atoms with Gasteiger partial charge in [-0.3, -0.25) is 9.69 Å². The van der Waals surface area contributed by atoms with E-state index in [1.807, 2.05) is 24.3 Å². The number of aliphatic carboxylic acids is 1. The van der Waals surface area contributed by atoms with Gasteiger partial charge in [0.1, 0.15) is 17.7 Å². The summed E-state index contributed by atoms with van der Waals surface area (Å²) in [4.78, 5) is 33.9. The van der Waals surface area contributed by atoms with E-state index in [-0.39, 0.29) is 6.42 Å². The molecule has 1 aliphatic heterocycles. The molecule has 1 saturated heterocycles. The topological polar surface area (TPSA) is 121 Å². The van der Waals surface area contributed by atoms with Crippen molar-refractivity contribution >= 4 is 28.6 Å². The molecule has 1 unspecified atom stereocenters. The highest BCUT2D eigenvalue weighted by Gasteiger charge is 2.22. The van der Waals surface area contributed by atoms with Crippen LogP contribution in [0.3, 0.4) is 0 Å². The predicted octanol–water partition coefficient (Wildman–Crippen LogP) is 0.966. The molecule has 2 heterocycles. The van der Waals surface area contributed by atoms with Crippen molar-refractivity contribution in [3.8, 4) is 0 Å². The van der Waals surface area contributed by atoms with Crippen molar-refractivity contribution in [3.05, 3.63) is 30.1 Å². The number of likely N-dealkylation sites (tertiary alicyclic amines) is 1. The van der Waals surface area contributed by atoms with Crippen LogP contribution in [-0.2, 0) is 16.1 Å². The molecule has 4 N–H and O–H groups in total. The number of hydrogen-bond donors (Lipinski definition) is 3. The lowest BCUT2D eigenvalue weighted by Gasteiger charge is -2.18. The third-order valence-corrected chi connectivity index (χ3v) is 4.23. The average Bonchev–Trinajstić information content (AvgIpc) is 3.06. The van der Waals surface area contributed by atoms with Crippen LogP contribution in [0, 0.1) is 0 Å². The first-order valence-electron chi connectivity index (χ1n) is 8.28. The summed E-state index contributed by atoms with van der Waals surface area (Å²) in [6, 6.07) is 6.26. The number of carboxylic acid groups (broad SMARTS) is 1. The number of amides is 1. The molecule has 0 radical (unpaired) electrons. The molecule has 1 fully saturated rings. The average molecular weight is 343 g/mol. The molecule has 0 spiro atoms. The molecule has 0 bridgehead atoms. The summed E-state index contributed by atoms with van der Waals surface area (Å²) in [5.74, 6) is -0.794. The Hall–Kier alpha value is -2.74. The first kappa shape index (κ1) is 17.1. The van der Waals surface area contributed by atoms with E-state index in [9.17, 15) is 14.7 Å². The number of hydrogen-bond acceptors (Lipinski definition) is 6. The van der Waals surface area contributed by atoms with Gasteiger partial charge in [0, 0.05) is 5.39 Å². The van der Waals surface area contributed by atoms with Gasteiger partial charge in [-0.1, -0.05) is 12.1 Å². The third-order valence-electron chi connectivity index (χ3n) is 4.23. The summed E-state index contributed by atoms with van der Waals surface area (Å²) in [6.07, 6.45) is 2.02. The zero-order valence-electron chi connectivity index (χ0n) is 13.8. The fourth-order valence-electron chi connectivity index (χ4n) is 3.01. The standard InChI is InChI=1S/C17H21N5O3/c18-14(23)9-13(17(24)25)20-16-11-5-1-2-6-12(11)19-15(21-16)10-22-7-3-4-8-22/h1-2,5-6,13H,3-4,7-10H2,(H2,18,23)(H,24,25)(H,19,20,21). The molecule has 25 heavy (non-hydrogen) atoms. The third kappa shape index (κ3) is 4.21. The van der Waals surface area contributed by atoms with Crippen molar-refractivity contribution in [1.82, 2.24) is 14.9 Å². The number of primary amides is 1. The van der Waals surface area contributed by atoms with Gasteiger partial charge in [-0.05, 0) is 38.1 Å². The first-order chi connectivity index (χ1) is 12.0. The second kappa shape index (κ2) is 7.43. The number of carboxylic acids is 1. The van der Waals surface area contributed by atoms with Gasteiger partial charge in [0.2, 0.25) is 5.91 Å². The number of fused-ring (bicyclic) bond motifs is 1. The Morgan fingerprint density at radius 1 is 1.24 bits per heavy atom. The number of carbonyl (C=O) groups excluding carboxylic acids is 1. The molecular formula is C17H21N5O3. The summed E-state index contributed by atoms with van der Waals surface area (Å²) >= 11 is 0. The van der Waals surface area contributed by atoms with Gasteiger partial charge in [-0.25, -0.2) is 14.8 Å². The van der Waals surface area contributed by atoms with E-state index < -0.39 is 17.9 Å². The van der Waals surface area contributed by atoms with Crippen molar-refractivity contribution < 1.29 is 14.7 Å². The highest BCUT2D eigenvalue weighted by atomic mass is 16.4. The molecule has 132 valence electrons. The maximum Gasteiger partial charge on any atom is 0.326 e. The molecular weight excluding hydrogens is 322 g/mol. The number of anilines is 1. The van der Waals surface area contributed by atoms with Crippen LogP contribution >= 0.6 is 0 Å². The van der Waals surface area contributed by atoms with E-state index in [0.717, 1.165) is 18.6 Å². The number of para-hydroxylation sites is 1. The molecule has 1 aromatic carbocycles. The van der Waals surface area contributed by atoms with Gasteiger partial charge in [0.15, 0.2) is 0 Å². The van der Waals surface area contributed by atoms with Crippen LogP contribution in [-0.4, -0.2) is 51.0 Å². The number of benzene rings is 1. The molecule has 0 saturated carbocycles. The summed E-state index contributed by atoms with van der Waals surface area (Å²) in [6.45, 7) is 2.64. The minimum absolute atomic E-state index is 0.310. The lowest BCUT2D eigenvalue weighted by Crippen LogP contribution is -2.34. The smallest absolute Gasteiger partial charge is 0.326 e. The van der Waals surface area contributed by atoms with Gasteiger partial charge in [0.25, 0.3) is 0 Å². The fraction of sp³-hybridized carbons (Fsp3) is 0.412. The molecule has 1 aliphatic rings. The van der Waals surface area contributed by atoms with Gasteiger partial charge in [0.05, 0.1) is 18.5 Å². The van der Waals surface area contributed by atoms with E-state index >= 15 is 0 Å². The maximum absolute atomic E-state index is 11.4. The number of nitrogens with one attached hydrogen (secondary N) is 1. The van der Waals surface area contributed by atoms with Crippen LogP contribution in [0.15, 0.2) is 24.3 Å². The quantitative estimate of drug-likeness (QED) is 0.684. The molecule has 2 aromatic rings. The van der Waals surface area contributed by atoms with Crippen molar-refractivity contribution in [2.45, 2.75) is 31.8 Å². The Morgan fingerprint density at radius 3 is 2.64 bits per heavy atom. The Morgan fingerprint density at radius 2 is 1.96 bits per heavy atom. The molecule has 0 aliphatic carbocycles. The van der Waals surface area contributed by atoms with Gasteiger partial charge < -0.3 is 16.2 Å². The zero-order chi connectivity index (χ0) is 17.8. The predicted molar refractivity (Wildman–Crippen MR) is 92.9 cm³/mol. The highest BCUT2D eigenvalue weighted by molar-refractivity contribution is 5.92. The molecule has 1 amide bonds. The highest BCUT2D eigenvalue weighted by Crippen LogP contribution is 2.22. The lowest BCUT2D eigenvalue weighted by atomic mass is 10.1. The SMILES string of the molecule is NC(=O)CC(Nc1nc(CN2CCCC2)nc2ccccc12)C(=O)O. The molecule has 8 nitrogen and oxygen atoms in total. The van der Waals surface area contributed by atoms with E-state index in [4.69, 9.17) is 5.73 Å². The van der Waals surface area contributed by atoms with E-state index in [0.29, 0.717) is 23.6 Å². The van der Waals surface area contributed by atoms with Crippen molar-refractivity contribution in [2.24, 2.45) is 5.73 Å². The second-order valence-corrected chi connectivity index (χ2v) is 6.19. The van der Waals surface area contributed by atoms with Crippen molar-refractivity contribution in [1.29, 1.82) is 0 Å². The largest absolute Gasteiger partial charge is 0.480 e. The van der Waals surface area contributed by atoms with Crippen LogP contribution in [0.25, 0.3) is 10.9 Å². The first-order valence-corrected chi connectivity index (χ1v) is 8.28. The zero-order valence-corrected chi connectivity index (χ0v) is 13.8. The van der Waals surface area contributed by atoms with E-state index in [2.05, 4.69) is 20.2 Å². The van der Waals surface area contributed by atoms with Crippen LogP contribution < -0.4 is 11.1 Å². The lowest BCUT2D eigenvalue weighted by molar-refractivity contribution is -0.139. The van der Waals surface area contributed by atoms with Crippen LogP contribution in [0.4, 0.5) is 5.82 Å². The monoisotopic (exact) mass is 343 g/mol. The fourth-order valence-corrected chi connectivity index (χ4v) is 3.01. The Balaban J connectivity index is 1.93. The van der Waals surface area contributed by atoms with E-state index in [1.165, 1.54) is 12.8 Å². The summed E-state index contributed by atoms with van der Waals surface area (Å²) in [5.41, 5.74) is 5.89. The Kier molecular flexibility index (Phi) is 5.08. The molecule has 8 heteroatoms. The van der Waals surface area contributed by atoms with Gasteiger partial charge >= 0.3 is 5.97 Å². The number of rotatable bonds is 7. The minimum atomic E-state index is -1.15. The molecule has 1 aromatic heterocycles. The molecule has 3 rings (SSSR count). The maximum atomic E-state index is 11.4. The van der Waals surface area contributed by atoms with Crippen LogP contribution in [0.1, 0.15) is 25.1 Å². The number of carbonyl (C=O) groups is 2. The number of nitrogens with two attached hydrogens (primary N) is 1. The molecule has 1 atom stereocenters. The van der Waals surface area contributed by atoms with Crippen molar-refractivity contribution in [3.63, 3.8) is 0 Å². The van der Waals surface area contributed by atoms with Crippen LogP contribution in [0.5, 0.6) is 0 Å². The summed E-state index contributed by atoms with van der Waals surface area (Å²) in [7, 11) is 0. The second-order valence-electron chi connectivity index (χ2n) is 6.19. The van der Waals surface area contributed by atoms with Gasteiger partial charge in [-0.2, -0.15) is 0 Å². The van der Waals surface area contributed by atoms with E-state index in [1.54, 1.807) is 0 Å². The Labute approximate surface area is 145 Å². The minimum Gasteiger partial charge on any atom is -0.480 e.